The minimum atomic E-state index is -1.01. The molecule has 0 radical (unpaired) electrons. The van der Waals surface area contributed by atoms with Crippen molar-refractivity contribution < 1.29 is 5.11 Å². The Labute approximate surface area is 81.5 Å². The van der Waals surface area contributed by atoms with E-state index in [9.17, 15) is 5.11 Å². The number of fused-ring (bicyclic) bond motifs is 1. The number of aliphatic hydroxyl groups is 1. The van der Waals surface area contributed by atoms with E-state index in [1.807, 2.05) is 0 Å². The third-order valence-corrected chi connectivity index (χ3v) is 6.75. The number of rotatable bonds is 2. The third kappa shape index (κ3) is 1.37. The number of hydrogen-bond donors (Lipinski definition) is 2. The molecule has 0 aliphatic heterocycles. The van der Waals surface area contributed by atoms with Gasteiger partial charge in [-0.05, 0) is 29.7 Å². The summed E-state index contributed by atoms with van der Waals surface area (Å²) in [6.07, 6.45) is 1.06. The van der Waals surface area contributed by atoms with Gasteiger partial charge in [-0.3, -0.25) is 0 Å². The van der Waals surface area contributed by atoms with Crippen LogP contribution in [0.15, 0.2) is 0 Å². The van der Waals surface area contributed by atoms with Crippen LogP contribution in [0.4, 0.5) is 0 Å². The summed E-state index contributed by atoms with van der Waals surface area (Å²) in [5.74, 6) is 2.08. The molecule has 2 rings (SSSR count). The molecule has 2 saturated carbocycles. The van der Waals surface area contributed by atoms with Crippen LogP contribution in [0.1, 0.15) is 6.42 Å². The minimum Gasteiger partial charge on any atom is -0.396 e. The van der Waals surface area contributed by atoms with Crippen molar-refractivity contribution in [1.82, 2.24) is 0 Å². The topological polar surface area (TPSA) is 46.2 Å². The Morgan fingerprint density at radius 3 is 2.31 bits per heavy atom. The molecule has 5 atom stereocenters. The molecular formula is C10H21NOSi. The van der Waals surface area contributed by atoms with E-state index in [4.69, 9.17) is 5.73 Å². The zero-order chi connectivity index (χ0) is 9.80. The maximum atomic E-state index is 9.22. The number of aliphatic hydroxyl groups excluding tert-OH is 1. The summed E-state index contributed by atoms with van der Waals surface area (Å²) in [6.45, 7) is 7.64. The highest BCUT2D eigenvalue weighted by atomic mass is 28.3. The maximum absolute atomic E-state index is 9.22. The summed E-state index contributed by atoms with van der Waals surface area (Å²) in [6, 6.07) is 0.388. The van der Waals surface area contributed by atoms with Crippen LogP contribution in [0.5, 0.6) is 0 Å². The Morgan fingerprint density at radius 1 is 1.31 bits per heavy atom. The third-order valence-electron chi connectivity index (χ3n) is 3.98. The van der Waals surface area contributed by atoms with E-state index in [1.54, 1.807) is 0 Å². The second kappa shape index (κ2) is 2.81. The van der Waals surface area contributed by atoms with E-state index in [1.165, 1.54) is 0 Å². The highest BCUT2D eigenvalue weighted by Crippen LogP contribution is 2.67. The first-order valence-corrected chi connectivity index (χ1v) is 8.91. The molecule has 0 heterocycles. The van der Waals surface area contributed by atoms with Crippen LogP contribution < -0.4 is 5.73 Å². The molecule has 13 heavy (non-hydrogen) atoms. The minimum absolute atomic E-state index is 0.357. The lowest BCUT2D eigenvalue weighted by molar-refractivity contribution is 0.212. The van der Waals surface area contributed by atoms with Gasteiger partial charge in [0.1, 0.15) is 0 Å². The first-order chi connectivity index (χ1) is 5.96. The van der Waals surface area contributed by atoms with E-state index in [0.29, 0.717) is 18.6 Å². The fourth-order valence-corrected chi connectivity index (χ4v) is 6.70. The van der Waals surface area contributed by atoms with Crippen molar-refractivity contribution in [2.24, 2.45) is 23.5 Å². The zero-order valence-corrected chi connectivity index (χ0v) is 9.83. The second-order valence-electron chi connectivity index (χ2n) is 5.89. The first-order valence-electron chi connectivity index (χ1n) is 5.33. The Bertz CT molecular complexity index is 213. The van der Waals surface area contributed by atoms with Crippen molar-refractivity contribution in [2.75, 3.05) is 6.61 Å². The fraction of sp³-hybridized carbons (Fsp3) is 1.00. The highest BCUT2D eigenvalue weighted by Gasteiger charge is 2.64. The molecule has 3 heteroatoms. The van der Waals surface area contributed by atoms with E-state index >= 15 is 0 Å². The van der Waals surface area contributed by atoms with E-state index in [2.05, 4.69) is 19.6 Å². The Kier molecular flexibility index (Phi) is 2.09. The molecule has 0 aromatic carbocycles. The van der Waals surface area contributed by atoms with Gasteiger partial charge in [0.05, 0.1) is 0 Å². The summed E-state index contributed by atoms with van der Waals surface area (Å²) in [5.41, 5.74) is 6.98. The van der Waals surface area contributed by atoms with Crippen LogP contribution in [0, 0.1) is 17.8 Å². The van der Waals surface area contributed by atoms with Gasteiger partial charge in [-0.2, -0.15) is 0 Å². The van der Waals surface area contributed by atoms with Gasteiger partial charge in [0, 0.05) is 20.7 Å². The highest BCUT2D eigenvalue weighted by molar-refractivity contribution is 6.78. The van der Waals surface area contributed by atoms with Gasteiger partial charge in [-0.25, -0.2) is 0 Å². The lowest BCUT2D eigenvalue weighted by atomic mass is 10.0. The molecule has 0 aromatic heterocycles. The van der Waals surface area contributed by atoms with E-state index in [0.717, 1.165) is 23.8 Å². The van der Waals surface area contributed by atoms with E-state index < -0.39 is 8.07 Å². The smallest absolute Gasteiger partial charge is 0.0480 e. The quantitative estimate of drug-likeness (QED) is 0.658. The van der Waals surface area contributed by atoms with Gasteiger partial charge in [-0.1, -0.05) is 19.6 Å². The van der Waals surface area contributed by atoms with Gasteiger partial charge >= 0.3 is 0 Å². The summed E-state index contributed by atoms with van der Waals surface area (Å²) in [5, 5.41) is 9.22. The van der Waals surface area contributed by atoms with Crippen LogP contribution in [0.3, 0.4) is 0 Å². The van der Waals surface area contributed by atoms with Crippen molar-refractivity contribution >= 4 is 8.07 Å². The predicted octanol–water partition coefficient (Wildman–Crippen LogP) is 1.28. The van der Waals surface area contributed by atoms with Crippen molar-refractivity contribution in [3.63, 3.8) is 0 Å². The zero-order valence-electron chi connectivity index (χ0n) is 8.83. The lowest BCUT2D eigenvalue weighted by Crippen LogP contribution is -2.30. The number of nitrogens with two attached hydrogens (primary N) is 1. The second-order valence-corrected chi connectivity index (χ2v) is 11.3. The monoisotopic (exact) mass is 199 g/mol. The summed E-state index contributed by atoms with van der Waals surface area (Å²) < 4.78 is 0. The molecule has 2 aliphatic rings. The molecular weight excluding hydrogens is 178 g/mol. The molecule has 0 unspecified atom stereocenters. The van der Waals surface area contributed by atoms with Gasteiger partial charge in [0.15, 0.2) is 0 Å². The average molecular weight is 199 g/mol. The van der Waals surface area contributed by atoms with Gasteiger partial charge in [-0.15, -0.1) is 0 Å². The van der Waals surface area contributed by atoms with Crippen LogP contribution >= 0.6 is 0 Å². The lowest BCUT2D eigenvalue weighted by Gasteiger charge is -2.23. The molecule has 0 spiro atoms. The summed E-state index contributed by atoms with van der Waals surface area (Å²) in [4.78, 5) is 0. The molecule has 2 aliphatic carbocycles. The van der Waals surface area contributed by atoms with Crippen molar-refractivity contribution in [3.05, 3.63) is 0 Å². The summed E-state index contributed by atoms with van der Waals surface area (Å²) >= 11 is 0. The Hall–Kier alpha value is 0.137. The molecule has 76 valence electrons. The van der Waals surface area contributed by atoms with Gasteiger partial charge in [0.25, 0.3) is 0 Å². The largest absolute Gasteiger partial charge is 0.396 e. The first kappa shape index (κ1) is 9.68. The van der Waals surface area contributed by atoms with Crippen LogP contribution in [0.25, 0.3) is 0 Å². The van der Waals surface area contributed by atoms with Crippen LogP contribution in [-0.4, -0.2) is 25.8 Å². The molecule has 2 fully saturated rings. The Morgan fingerprint density at radius 2 is 1.92 bits per heavy atom. The summed E-state index contributed by atoms with van der Waals surface area (Å²) in [7, 11) is -1.01. The van der Waals surface area contributed by atoms with E-state index in [-0.39, 0.29) is 0 Å². The predicted molar refractivity (Wildman–Crippen MR) is 57.2 cm³/mol. The van der Waals surface area contributed by atoms with Gasteiger partial charge in [0.2, 0.25) is 0 Å². The SMILES string of the molecule is C[Si](C)(C)[C@H]1[C@H]2[C@@H]1[C@H](CO)C[C@@H]2N. The molecule has 2 nitrogen and oxygen atoms in total. The van der Waals surface area contributed by atoms with Crippen LogP contribution in [-0.2, 0) is 0 Å². The normalized spacial score (nSPS) is 49.2. The van der Waals surface area contributed by atoms with Crippen molar-refractivity contribution in [3.8, 4) is 0 Å². The standard InChI is InChI=1S/C10H21NOSi/c1-13(2,3)10-8-6(5-12)4-7(11)9(8)10/h6-10,12H,4-5,11H2,1-3H3/t6-,7-,8-,9+,10+/m0/s1. The average Bonchev–Trinajstić information content (AvgIpc) is 2.67. The van der Waals surface area contributed by atoms with Crippen molar-refractivity contribution in [2.45, 2.75) is 37.6 Å². The molecule has 0 amide bonds. The molecule has 0 saturated heterocycles. The number of hydrogen-bond acceptors (Lipinski definition) is 2. The molecule has 0 bridgehead atoms. The maximum Gasteiger partial charge on any atom is 0.0480 e. The van der Waals surface area contributed by atoms with Crippen LogP contribution in [0.2, 0.25) is 25.2 Å². The Balaban J connectivity index is 2.08. The fourth-order valence-electron chi connectivity index (χ4n) is 3.53. The van der Waals surface area contributed by atoms with Gasteiger partial charge < -0.3 is 10.8 Å². The molecule has 0 aromatic rings. The van der Waals surface area contributed by atoms with Crippen molar-refractivity contribution in [1.29, 1.82) is 0 Å². The molecule has 3 N–H and O–H groups in total.